The number of benzene rings is 1. The third kappa shape index (κ3) is 5.07. The molecular weight excluding hydrogens is 396 g/mol. The molecule has 7 nitrogen and oxygen atoms in total. The lowest BCUT2D eigenvalue weighted by atomic mass is 10.3. The summed E-state index contributed by atoms with van der Waals surface area (Å²) >= 11 is 4.63. The van der Waals surface area contributed by atoms with E-state index < -0.39 is 0 Å². The van der Waals surface area contributed by atoms with E-state index in [1.54, 1.807) is 18.5 Å². The van der Waals surface area contributed by atoms with Crippen LogP contribution in [0.1, 0.15) is 12.7 Å². The maximum absolute atomic E-state index is 12.0. The van der Waals surface area contributed by atoms with Crippen molar-refractivity contribution in [3.05, 3.63) is 34.6 Å². The fraction of sp³-hybridized carbons (Fsp3) is 0.333. The van der Waals surface area contributed by atoms with E-state index in [0.29, 0.717) is 23.3 Å². The number of carbonyl (C=O) groups excluding carboxylic acids is 2. The average Bonchev–Trinajstić information content (AvgIpc) is 2.88. The molecule has 0 bridgehead atoms. The summed E-state index contributed by atoms with van der Waals surface area (Å²) in [5.74, 6) is 0.187. The number of hydrogen-bond donors (Lipinski definition) is 1. The fourth-order valence-corrected chi connectivity index (χ4v) is 2.96. The van der Waals surface area contributed by atoms with Crippen LogP contribution in [-0.2, 0) is 27.8 Å². The molecule has 0 fully saturated rings. The summed E-state index contributed by atoms with van der Waals surface area (Å²) in [6.07, 6.45) is 0.0566. The minimum atomic E-state index is -0.351. The van der Waals surface area contributed by atoms with Crippen LogP contribution in [0, 0.1) is 0 Å². The van der Waals surface area contributed by atoms with Crippen molar-refractivity contribution in [1.82, 2.24) is 14.8 Å². The Morgan fingerprint density at radius 2 is 2.08 bits per heavy atom. The Balaban J connectivity index is 1.90. The zero-order valence-corrected chi connectivity index (χ0v) is 15.7. The van der Waals surface area contributed by atoms with E-state index >= 15 is 0 Å². The molecule has 0 atom stereocenters. The molecule has 128 valence electrons. The van der Waals surface area contributed by atoms with Gasteiger partial charge in [0.1, 0.15) is 12.2 Å². The van der Waals surface area contributed by atoms with Crippen molar-refractivity contribution >= 4 is 45.3 Å². The van der Waals surface area contributed by atoms with Gasteiger partial charge in [0.25, 0.3) is 0 Å². The SMILES string of the molecule is CCOC(=O)Cc1nnc(SCC(=O)Nc2ccccc2Br)n1C. The number of nitrogens with one attached hydrogen (secondary N) is 1. The molecule has 0 saturated heterocycles. The molecule has 24 heavy (non-hydrogen) atoms. The number of nitrogens with zero attached hydrogens (tertiary/aromatic N) is 3. The lowest BCUT2D eigenvalue weighted by Gasteiger charge is -2.07. The van der Waals surface area contributed by atoms with Gasteiger partial charge in [0.2, 0.25) is 5.91 Å². The lowest BCUT2D eigenvalue weighted by Crippen LogP contribution is -2.15. The number of hydrogen-bond acceptors (Lipinski definition) is 6. The summed E-state index contributed by atoms with van der Waals surface area (Å²) in [4.78, 5) is 23.5. The molecule has 9 heteroatoms. The zero-order chi connectivity index (χ0) is 17.5. The van der Waals surface area contributed by atoms with Gasteiger partial charge in [0.15, 0.2) is 5.16 Å². The Labute approximate surface area is 152 Å². The van der Waals surface area contributed by atoms with Crippen LogP contribution in [0.4, 0.5) is 5.69 Å². The Bertz CT molecular complexity index is 735. The molecule has 1 N–H and O–H groups in total. The molecule has 0 aliphatic rings. The van der Waals surface area contributed by atoms with Crippen molar-refractivity contribution in [1.29, 1.82) is 0 Å². The average molecular weight is 413 g/mol. The summed E-state index contributed by atoms with van der Waals surface area (Å²) in [5.41, 5.74) is 0.712. The van der Waals surface area contributed by atoms with Crippen molar-refractivity contribution in [2.45, 2.75) is 18.5 Å². The van der Waals surface area contributed by atoms with Gasteiger partial charge >= 0.3 is 5.97 Å². The van der Waals surface area contributed by atoms with E-state index in [4.69, 9.17) is 4.74 Å². The Morgan fingerprint density at radius 3 is 2.79 bits per heavy atom. The number of thioether (sulfide) groups is 1. The molecule has 2 aromatic rings. The predicted molar refractivity (Wildman–Crippen MR) is 94.8 cm³/mol. The second-order valence-corrected chi connectivity index (χ2v) is 6.55. The number of esters is 1. The zero-order valence-electron chi connectivity index (χ0n) is 13.3. The van der Waals surface area contributed by atoms with Crippen molar-refractivity contribution in [2.75, 3.05) is 17.7 Å². The minimum absolute atomic E-state index is 0.0566. The predicted octanol–water partition coefficient (Wildman–Crippen LogP) is 2.41. The highest BCUT2D eigenvalue weighted by atomic mass is 79.9. The highest BCUT2D eigenvalue weighted by molar-refractivity contribution is 9.10. The molecule has 0 saturated carbocycles. The van der Waals surface area contributed by atoms with E-state index in [0.717, 1.165) is 4.47 Å². The third-order valence-electron chi connectivity index (χ3n) is 3.01. The van der Waals surface area contributed by atoms with Gasteiger partial charge in [-0.2, -0.15) is 0 Å². The molecule has 0 unspecified atom stereocenters. The molecule has 0 aliphatic carbocycles. The molecule has 1 aromatic heterocycles. The molecule has 0 spiro atoms. The van der Waals surface area contributed by atoms with E-state index in [-0.39, 0.29) is 24.1 Å². The third-order valence-corrected chi connectivity index (χ3v) is 4.72. The number of carbonyl (C=O) groups is 2. The fourth-order valence-electron chi connectivity index (χ4n) is 1.84. The number of rotatable bonds is 7. The Kier molecular flexibility index (Phi) is 6.80. The van der Waals surface area contributed by atoms with Gasteiger partial charge in [-0.1, -0.05) is 23.9 Å². The minimum Gasteiger partial charge on any atom is -0.466 e. The first-order chi connectivity index (χ1) is 11.5. The van der Waals surface area contributed by atoms with E-state index in [2.05, 4.69) is 31.4 Å². The number of ether oxygens (including phenoxy) is 1. The molecule has 0 aliphatic heterocycles. The molecule has 0 radical (unpaired) electrons. The quantitative estimate of drug-likeness (QED) is 0.554. The first-order valence-electron chi connectivity index (χ1n) is 7.22. The summed E-state index contributed by atoms with van der Waals surface area (Å²) in [6, 6.07) is 7.39. The first-order valence-corrected chi connectivity index (χ1v) is 9.00. The molecule has 2 rings (SSSR count). The Hall–Kier alpha value is -1.87. The number of halogens is 1. The molecule has 1 amide bonds. The van der Waals surface area contributed by atoms with Crippen LogP contribution in [0.15, 0.2) is 33.9 Å². The summed E-state index contributed by atoms with van der Waals surface area (Å²) in [7, 11) is 1.75. The smallest absolute Gasteiger partial charge is 0.313 e. The standard InChI is InChI=1S/C15H17BrN4O3S/c1-3-23-14(22)8-12-18-19-15(20(12)2)24-9-13(21)17-11-7-5-4-6-10(11)16/h4-7H,3,8-9H2,1-2H3,(H,17,21). The van der Waals surface area contributed by atoms with E-state index in [1.807, 2.05) is 24.3 Å². The highest BCUT2D eigenvalue weighted by Gasteiger charge is 2.15. The summed E-state index contributed by atoms with van der Waals surface area (Å²) in [6.45, 7) is 2.08. The van der Waals surface area contributed by atoms with Gasteiger partial charge in [-0.3, -0.25) is 9.59 Å². The van der Waals surface area contributed by atoms with Gasteiger partial charge < -0.3 is 14.6 Å². The number of para-hydroxylation sites is 1. The monoisotopic (exact) mass is 412 g/mol. The van der Waals surface area contributed by atoms with Gasteiger partial charge in [0, 0.05) is 11.5 Å². The number of anilines is 1. The topological polar surface area (TPSA) is 86.1 Å². The Morgan fingerprint density at radius 1 is 1.33 bits per heavy atom. The normalized spacial score (nSPS) is 10.5. The van der Waals surface area contributed by atoms with E-state index in [9.17, 15) is 9.59 Å². The van der Waals surface area contributed by atoms with E-state index in [1.165, 1.54) is 11.8 Å². The highest BCUT2D eigenvalue weighted by Crippen LogP contribution is 2.22. The van der Waals surface area contributed by atoms with Crippen LogP contribution in [0.3, 0.4) is 0 Å². The van der Waals surface area contributed by atoms with Crippen LogP contribution in [-0.4, -0.2) is 39.0 Å². The maximum atomic E-state index is 12.0. The van der Waals surface area contributed by atoms with Gasteiger partial charge in [-0.05, 0) is 35.0 Å². The molecule has 1 aromatic carbocycles. The second kappa shape index (κ2) is 8.84. The van der Waals surface area contributed by atoms with Gasteiger partial charge in [-0.15, -0.1) is 10.2 Å². The number of aromatic nitrogens is 3. The number of amides is 1. The second-order valence-electron chi connectivity index (χ2n) is 4.76. The van der Waals surface area contributed by atoms with Crippen molar-refractivity contribution in [3.8, 4) is 0 Å². The largest absolute Gasteiger partial charge is 0.466 e. The molecule has 1 heterocycles. The summed E-state index contributed by atoms with van der Waals surface area (Å²) < 4.78 is 7.40. The van der Waals surface area contributed by atoms with Crippen LogP contribution < -0.4 is 5.32 Å². The molecular formula is C15H17BrN4O3S. The van der Waals surface area contributed by atoms with Crippen LogP contribution in [0.5, 0.6) is 0 Å². The van der Waals surface area contributed by atoms with Crippen LogP contribution in [0.25, 0.3) is 0 Å². The summed E-state index contributed by atoms with van der Waals surface area (Å²) in [5, 5.41) is 11.4. The van der Waals surface area contributed by atoms with Gasteiger partial charge in [0.05, 0.1) is 18.0 Å². The van der Waals surface area contributed by atoms with Crippen molar-refractivity contribution < 1.29 is 14.3 Å². The van der Waals surface area contributed by atoms with Gasteiger partial charge in [-0.25, -0.2) is 0 Å². The van der Waals surface area contributed by atoms with Crippen molar-refractivity contribution in [2.24, 2.45) is 7.05 Å². The van der Waals surface area contributed by atoms with Crippen molar-refractivity contribution in [3.63, 3.8) is 0 Å². The first kappa shape index (κ1) is 18.5. The van der Waals surface area contributed by atoms with Crippen LogP contribution >= 0.6 is 27.7 Å². The maximum Gasteiger partial charge on any atom is 0.313 e. The van der Waals surface area contributed by atoms with Crippen LogP contribution in [0.2, 0.25) is 0 Å². The lowest BCUT2D eigenvalue weighted by molar-refractivity contribution is -0.142.